The third-order valence-corrected chi connectivity index (χ3v) is 7.55. The highest BCUT2D eigenvalue weighted by Crippen LogP contribution is 2.35. The van der Waals surface area contributed by atoms with E-state index in [2.05, 4.69) is 30.5 Å². The van der Waals surface area contributed by atoms with Gasteiger partial charge in [0.1, 0.15) is 6.61 Å². The number of esters is 1. The summed E-state index contributed by atoms with van der Waals surface area (Å²) in [7, 11) is -4.66. The molecule has 0 aromatic heterocycles. The van der Waals surface area contributed by atoms with Gasteiger partial charge in [-0.25, -0.2) is 4.57 Å². The molecule has 8 heteroatoms. The van der Waals surface area contributed by atoms with Crippen LogP contribution in [0.5, 0.6) is 0 Å². The number of carbonyl (C=O) groups is 1. The minimum atomic E-state index is -4.66. The second-order valence-electron chi connectivity index (χ2n) is 11.2. The van der Waals surface area contributed by atoms with Crippen LogP contribution in [0, 0.1) is 0 Å². The topological polar surface area (TPSA) is 102 Å². The second kappa shape index (κ2) is 30.3. The van der Waals surface area contributed by atoms with Gasteiger partial charge in [0, 0.05) is 6.42 Å². The predicted octanol–water partition coefficient (Wildman–Crippen LogP) is 10.1. The molecule has 0 aromatic rings. The van der Waals surface area contributed by atoms with Crippen LogP contribution in [0.4, 0.5) is 0 Å². The molecule has 0 aromatic carbocycles. The fraction of sp³-hybridized carbons (Fsp3) is 0.848. The molecule has 0 aliphatic heterocycles. The number of phosphoric acid groups is 1. The lowest BCUT2D eigenvalue weighted by molar-refractivity contribution is -0.153. The van der Waals surface area contributed by atoms with Crippen molar-refractivity contribution in [3.05, 3.63) is 24.5 Å². The first kappa shape index (κ1) is 39.9. The fourth-order valence-electron chi connectivity index (χ4n) is 4.56. The molecule has 2 N–H and O–H groups in total. The number of phosphoric ester groups is 1. The van der Waals surface area contributed by atoms with E-state index in [1.807, 2.05) is 6.08 Å². The number of hydrogen-bond acceptors (Lipinski definition) is 5. The Bertz CT molecular complexity index is 674. The molecule has 0 amide bonds. The molecule has 0 bridgehead atoms. The Morgan fingerprint density at radius 2 is 1.10 bits per heavy atom. The molecule has 0 fully saturated rings. The van der Waals surface area contributed by atoms with Gasteiger partial charge in [-0.1, -0.05) is 129 Å². The van der Waals surface area contributed by atoms with E-state index < -0.39 is 26.5 Å². The summed E-state index contributed by atoms with van der Waals surface area (Å²) in [6.07, 6.45) is 34.0. The highest BCUT2D eigenvalue weighted by molar-refractivity contribution is 7.46. The van der Waals surface area contributed by atoms with E-state index in [1.165, 1.54) is 96.3 Å². The monoisotopic (exact) mass is 602 g/mol. The Hall–Kier alpha value is -1.14. The summed E-state index contributed by atoms with van der Waals surface area (Å²) >= 11 is 0. The average molecular weight is 603 g/mol. The number of unbranched alkanes of at least 4 members (excludes halogenated alkanes) is 19. The molecule has 0 aliphatic rings. The maximum atomic E-state index is 12.3. The van der Waals surface area contributed by atoms with Crippen molar-refractivity contribution in [3.63, 3.8) is 0 Å². The molecular formula is C33H63O7P. The van der Waals surface area contributed by atoms with Gasteiger partial charge in [0.25, 0.3) is 0 Å². The molecule has 0 radical (unpaired) electrons. The van der Waals surface area contributed by atoms with Crippen LogP contribution in [0.1, 0.15) is 162 Å². The number of carbonyl (C=O) groups excluding carboxylic acids is 1. The smallest absolute Gasteiger partial charge is 0.469 e. The summed E-state index contributed by atoms with van der Waals surface area (Å²) in [5, 5.41) is 0. The normalized spacial score (nSPS) is 12.9. The standard InChI is InChI=1S/C33H63O7P/c1-3-5-7-9-11-13-15-16-17-19-21-23-25-27-29-38-30-32(31-39-41(35,36)37)40-33(34)28-26-24-22-20-18-14-12-10-8-6-4-2/h10,12,27,29,32H,3-9,11,13-26,28,30-31H2,1-2H3,(H2,35,36,37)/b12-10-,29-27-/t32-/m1/s1. The maximum absolute atomic E-state index is 12.3. The summed E-state index contributed by atoms with van der Waals surface area (Å²) in [6, 6.07) is 0. The van der Waals surface area contributed by atoms with Crippen molar-refractivity contribution in [2.45, 2.75) is 168 Å². The number of rotatable bonds is 31. The molecular weight excluding hydrogens is 539 g/mol. The van der Waals surface area contributed by atoms with Crippen molar-refractivity contribution in [1.29, 1.82) is 0 Å². The van der Waals surface area contributed by atoms with Gasteiger partial charge in [-0.3, -0.25) is 9.32 Å². The average Bonchev–Trinajstić information content (AvgIpc) is 2.93. The molecule has 0 spiro atoms. The van der Waals surface area contributed by atoms with Crippen LogP contribution < -0.4 is 0 Å². The van der Waals surface area contributed by atoms with Crippen LogP contribution in [-0.2, 0) is 23.4 Å². The third kappa shape index (κ3) is 33.2. The molecule has 7 nitrogen and oxygen atoms in total. The summed E-state index contributed by atoms with van der Waals surface area (Å²) in [5.74, 6) is -0.396. The van der Waals surface area contributed by atoms with E-state index >= 15 is 0 Å². The predicted molar refractivity (Wildman–Crippen MR) is 170 cm³/mol. The van der Waals surface area contributed by atoms with Gasteiger partial charge in [0.05, 0.1) is 12.9 Å². The zero-order chi connectivity index (χ0) is 30.3. The highest BCUT2D eigenvalue weighted by Gasteiger charge is 2.21. The van der Waals surface area contributed by atoms with Crippen molar-refractivity contribution in [2.75, 3.05) is 13.2 Å². The van der Waals surface area contributed by atoms with Crippen LogP contribution in [-0.4, -0.2) is 35.1 Å². The SMILES string of the molecule is CCCC/C=C\CCCCCCCC(=O)O[C@H](CO/C=C\CCCCCCCCCCCCCC)COP(=O)(O)O. The van der Waals surface area contributed by atoms with Gasteiger partial charge in [-0.2, -0.15) is 0 Å². The van der Waals surface area contributed by atoms with Crippen LogP contribution in [0.15, 0.2) is 24.5 Å². The Balaban J connectivity index is 3.94. The summed E-state index contributed by atoms with van der Waals surface area (Å²) in [4.78, 5) is 30.3. The lowest BCUT2D eigenvalue weighted by Gasteiger charge is -2.18. The van der Waals surface area contributed by atoms with E-state index in [-0.39, 0.29) is 13.0 Å². The van der Waals surface area contributed by atoms with Gasteiger partial charge in [0.2, 0.25) is 0 Å². The van der Waals surface area contributed by atoms with Crippen LogP contribution >= 0.6 is 7.82 Å². The van der Waals surface area contributed by atoms with E-state index in [1.54, 1.807) is 6.26 Å². The van der Waals surface area contributed by atoms with Crippen molar-refractivity contribution < 1.29 is 33.1 Å². The fourth-order valence-corrected chi connectivity index (χ4v) is 4.92. The first-order valence-electron chi connectivity index (χ1n) is 16.7. The Morgan fingerprint density at radius 1 is 0.634 bits per heavy atom. The second-order valence-corrected chi connectivity index (χ2v) is 12.4. The summed E-state index contributed by atoms with van der Waals surface area (Å²) in [5.41, 5.74) is 0. The maximum Gasteiger partial charge on any atom is 0.469 e. The van der Waals surface area contributed by atoms with E-state index in [0.717, 1.165) is 44.9 Å². The molecule has 0 saturated carbocycles. The Kier molecular flexibility index (Phi) is 29.5. The van der Waals surface area contributed by atoms with Crippen molar-refractivity contribution in [2.24, 2.45) is 0 Å². The lowest BCUT2D eigenvalue weighted by Crippen LogP contribution is -2.27. The molecule has 0 rings (SSSR count). The first-order chi connectivity index (χ1) is 19.9. The quantitative estimate of drug-likeness (QED) is 0.0267. The molecule has 0 saturated heterocycles. The molecule has 1 atom stereocenters. The van der Waals surface area contributed by atoms with E-state index in [0.29, 0.717) is 0 Å². The largest absolute Gasteiger partial charge is 0.498 e. The van der Waals surface area contributed by atoms with E-state index in [9.17, 15) is 9.36 Å². The van der Waals surface area contributed by atoms with Crippen LogP contribution in [0.25, 0.3) is 0 Å². The van der Waals surface area contributed by atoms with Gasteiger partial charge < -0.3 is 19.3 Å². The highest BCUT2D eigenvalue weighted by atomic mass is 31.2. The van der Waals surface area contributed by atoms with Crippen molar-refractivity contribution in [1.82, 2.24) is 0 Å². The molecule has 0 unspecified atom stereocenters. The Labute approximate surface area is 252 Å². The zero-order valence-electron chi connectivity index (χ0n) is 26.4. The molecule has 41 heavy (non-hydrogen) atoms. The van der Waals surface area contributed by atoms with Gasteiger partial charge >= 0.3 is 13.8 Å². The first-order valence-corrected chi connectivity index (χ1v) is 18.2. The van der Waals surface area contributed by atoms with E-state index in [4.69, 9.17) is 19.3 Å². The minimum Gasteiger partial charge on any atom is -0.498 e. The summed E-state index contributed by atoms with van der Waals surface area (Å²) in [6.45, 7) is 4.04. The number of allylic oxidation sites excluding steroid dienone is 3. The minimum absolute atomic E-state index is 0.00748. The molecule has 0 aliphatic carbocycles. The molecule has 0 heterocycles. The van der Waals surface area contributed by atoms with Crippen LogP contribution in [0.2, 0.25) is 0 Å². The van der Waals surface area contributed by atoms with Gasteiger partial charge in [-0.05, 0) is 44.6 Å². The van der Waals surface area contributed by atoms with Gasteiger partial charge in [-0.15, -0.1) is 0 Å². The van der Waals surface area contributed by atoms with Crippen molar-refractivity contribution in [3.8, 4) is 0 Å². The van der Waals surface area contributed by atoms with Gasteiger partial charge in [0.15, 0.2) is 6.10 Å². The lowest BCUT2D eigenvalue weighted by atomic mass is 10.0. The third-order valence-electron chi connectivity index (χ3n) is 7.07. The summed E-state index contributed by atoms with van der Waals surface area (Å²) < 4.78 is 26.5. The van der Waals surface area contributed by atoms with Crippen molar-refractivity contribution >= 4 is 13.8 Å². The number of hydrogen-bond donors (Lipinski definition) is 2. The van der Waals surface area contributed by atoms with Crippen LogP contribution in [0.3, 0.4) is 0 Å². The Morgan fingerprint density at radius 3 is 1.63 bits per heavy atom. The molecule has 242 valence electrons. The zero-order valence-corrected chi connectivity index (χ0v) is 27.3. The number of ether oxygens (including phenoxy) is 2.